The van der Waals surface area contributed by atoms with Gasteiger partial charge in [-0.15, -0.1) is 0 Å². The van der Waals surface area contributed by atoms with E-state index in [-0.39, 0.29) is 5.97 Å². The summed E-state index contributed by atoms with van der Waals surface area (Å²) in [5, 5.41) is 3.42. The van der Waals surface area contributed by atoms with Gasteiger partial charge in [-0.3, -0.25) is 15.3 Å². The predicted molar refractivity (Wildman–Crippen MR) is 71.4 cm³/mol. The van der Waals surface area contributed by atoms with E-state index >= 15 is 0 Å². The fourth-order valence-electron chi connectivity index (χ4n) is 2.65. The highest BCUT2D eigenvalue weighted by atomic mass is 16.5. The Morgan fingerprint density at radius 1 is 1.37 bits per heavy atom. The summed E-state index contributed by atoms with van der Waals surface area (Å²) in [7, 11) is 1.40. The largest absolute Gasteiger partial charge is 0.467 e. The van der Waals surface area contributed by atoms with E-state index in [2.05, 4.69) is 15.3 Å². The van der Waals surface area contributed by atoms with Gasteiger partial charge < -0.3 is 4.74 Å². The summed E-state index contributed by atoms with van der Waals surface area (Å²) in [4.78, 5) is 20.5. The highest BCUT2D eigenvalue weighted by Crippen LogP contribution is 2.25. The van der Waals surface area contributed by atoms with Gasteiger partial charge in [0.1, 0.15) is 0 Å². The van der Waals surface area contributed by atoms with Gasteiger partial charge in [0, 0.05) is 18.4 Å². The molecule has 0 amide bonds. The van der Waals surface area contributed by atoms with Crippen molar-refractivity contribution in [3.8, 4) is 0 Å². The van der Waals surface area contributed by atoms with Crippen LogP contribution in [0, 0.1) is 0 Å². The fourth-order valence-corrected chi connectivity index (χ4v) is 2.65. The molecule has 1 aliphatic carbocycles. The average Bonchev–Trinajstić information content (AvgIpc) is 2.48. The highest BCUT2D eigenvalue weighted by molar-refractivity contribution is 5.81. The Morgan fingerprint density at radius 2 is 2.11 bits per heavy atom. The molecule has 19 heavy (non-hydrogen) atoms. The van der Waals surface area contributed by atoms with Crippen molar-refractivity contribution in [3.63, 3.8) is 0 Å². The van der Waals surface area contributed by atoms with Crippen LogP contribution in [0.2, 0.25) is 0 Å². The molecule has 1 fully saturated rings. The first kappa shape index (κ1) is 13.9. The SMILES string of the molecule is COC(=O)C(C)(NC1CCCCC1)c1cnccn1. The zero-order valence-corrected chi connectivity index (χ0v) is 11.6. The molecule has 2 rings (SSSR count). The van der Waals surface area contributed by atoms with Crippen LogP contribution in [0.25, 0.3) is 0 Å². The van der Waals surface area contributed by atoms with Gasteiger partial charge in [-0.1, -0.05) is 19.3 Å². The second kappa shape index (κ2) is 6.10. The summed E-state index contributed by atoms with van der Waals surface area (Å²) in [6.45, 7) is 1.82. The van der Waals surface area contributed by atoms with Crippen LogP contribution >= 0.6 is 0 Å². The highest BCUT2D eigenvalue weighted by Gasteiger charge is 2.40. The van der Waals surface area contributed by atoms with Gasteiger partial charge in [0.15, 0.2) is 5.54 Å². The molecule has 1 aromatic heterocycles. The Labute approximate surface area is 113 Å². The standard InChI is InChI=1S/C14H21N3O2/c1-14(13(18)19-2,12-10-15-8-9-16-12)17-11-6-4-3-5-7-11/h8-11,17H,3-7H2,1-2H3. The fraction of sp³-hybridized carbons (Fsp3) is 0.643. The van der Waals surface area contributed by atoms with E-state index in [0.29, 0.717) is 11.7 Å². The maximum atomic E-state index is 12.2. The molecule has 0 aromatic carbocycles. The first-order chi connectivity index (χ1) is 9.16. The molecule has 0 spiro atoms. The second-order valence-corrected chi connectivity index (χ2v) is 5.19. The van der Waals surface area contributed by atoms with Crippen molar-refractivity contribution in [3.05, 3.63) is 24.3 Å². The molecule has 1 saturated carbocycles. The van der Waals surface area contributed by atoms with Gasteiger partial charge in [0.2, 0.25) is 0 Å². The molecule has 1 aromatic rings. The molecule has 5 heteroatoms. The number of carbonyl (C=O) groups excluding carboxylic acids is 1. The lowest BCUT2D eigenvalue weighted by molar-refractivity contribution is -0.149. The van der Waals surface area contributed by atoms with Crippen LogP contribution in [-0.4, -0.2) is 29.1 Å². The van der Waals surface area contributed by atoms with Gasteiger partial charge in [-0.05, 0) is 19.8 Å². The number of hydrogen-bond acceptors (Lipinski definition) is 5. The van der Waals surface area contributed by atoms with Crippen LogP contribution in [0.1, 0.15) is 44.7 Å². The second-order valence-electron chi connectivity index (χ2n) is 5.19. The first-order valence-corrected chi connectivity index (χ1v) is 6.79. The van der Waals surface area contributed by atoms with E-state index < -0.39 is 5.54 Å². The lowest BCUT2D eigenvalue weighted by atomic mass is 9.90. The van der Waals surface area contributed by atoms with Crippen molar-refractivity contribution in [2.45, 2.75) is 50.6 Å². The topological polar surface area (TPSA) is 64.1 Å². The smallest absolute Gasteiger partial charge is 0.332 e. The van der Waals surface area contributed by atoms with E-state index in [0.717, 1.165) is 12.8 Å². The van der Waals surface area contributed by atoms with Gasteiger partial charge >= 0.3 is 5.97 Å². The summed E-state index contributed by atoms with van der Waals surface area (Å²) in [6.07, 6.45) is 10.7. The number of rotatable bonds is 4. The minimum Gasteiger partial charge on any atom is -0.467 e. The zero-order valence-electron chi connectivity index (χ0n) is 11.6. The molecule has 0 radical (unpaired) electrons. The van der Waals surface area contributed by atoms with Crippen LogP contribution in [0.5, 0.6) is 0 Å². The molecule has 1 aliphatic rings. The van der Waals surface area contributed by atoms with Crippen molar-refractivity contribution in [1.29, 1.82) is 0 Å². The molecule has 1 N–H and O–H groups in total. The van der Waals surface area contributed by atoms with Crippen LogP contribution in [0.4, 0.5) is 0 Å². The number of carbonyl (C=O) groups is 1. The van der Waals surface area contributed by atoms with E-state index in [9.17, 15) is 4.79 Å². The van der Waals surface area contributed by atoms with Gasteiger partial charge in [-0.25, -0.2) is 4.79 Å². The van der Waals surface area contributed by atoms with Crippen LogP contribution in [0.3, 0.4) is 0 Å². The molecule has 0 bridgehead atoms. The third-order valence-corrected chi connectivity index (χ3v) is 3.77. The maximum Gasteiger partial charge on any atom is 0.332 e. The van der Waals surface area contributed by atoms with Crippen LogP contribution in [-0.2, 0) is 15.1 Å². The van der Waals surface area contributed by atoms with Crippen molar-refractivity contribution < 1.29 is 9.53 Å². The van der Waals surface area contributed by atoms with Crippen molar-refractivity contribution in [2.75, 3.05) is 7.11 Å². The Kier molecular flexibility index (Phi) is 4.47. The molecular weight excluding hydrogens is 242 g/mol. The summed E-state index contributed by atoms with van der Waals surface area (Å²) in [5.41, 5.74) is -0.321. The molecule has 5 nitrogen and oxygen atoms in total. The minimum absolute atomic E-state index is 0.321. The van der Waals surface area contributed by atoms with Crippen LogP contribution in [0.15, 0.2) is 18.6 Å². The Hall–Kier alpha value is -1.49. The molecule has 1 heterocycles. The molecule has 104 valence electrons. The Balaban J connectivity index is 2.21. The quantitative estimate of drug-likeness (QED) is 0.839. The number of nitrogens with one attached hydrogen (secondary N) is 1. The van der Waals surface area contributed by atoms with Crippen molar-refractivity contribution >= 4 is 5.97 Å². The predicted octanol–water partition coefficient (Wildman–Crippen LogP) is 1.79. The zero-order chi connectivity index (χ0) is 13.7. The van der Waals surface area contributed by atoms with Gasteiger partial charge in [0.25, 0.3) is 0 Å². The molecule has 0 saturated heterocycles. The van der Waals surface area contributed by atoms with Crippen molar-refractivity contribution in [2.24, 2.45) is 0 Å². The number of aromatic nitrogens is 2. The van der Waals surface area contributed by atoms with E-state index in [1.165, 1.54) is 26.4 Å². The average molecular weight is 263 g/mol. The van der Waals surface area contributed by atoms with E-state index in [1.807, 2.05) is 6.92 Å². The van der Waals surface area contributed by atoms with E-state index in [1.54, 1.807) is 18.6 Å². The lowest BCUT2D eigenvalue weighted by Crippen LogP contribution is -2.52. The summed E-state index contributed by atoms with van der Waals surface area (Å²) in [6, 6.07) is 0.333. The number of ether oxygens (including phenoxy) is 1. The van der Waals surface area contributed by atoms with Crippen molar-refractivity contribution in [1.82, 2.24) is 15.3 Å². The number of nitrogens with zero attached hydrogens (tertiary/aromatic N) is 2. The van der Waals surface area contributed by atoms with Crippen LogP contribution < -0.4 is 5.32 Å². The third-order valence-electron chi connectivity index (χ3n) is 3.77. The Bertz CT molecular complexity index is 418. The summed E-state index contributed by atoms with van der Waals surface area (Å²) >= 11 is 0. The molecule has 1 unspecified atom stereocenters. The summed E-state index contributed by atoms with van der Waals surface area (Å²) in [5.74, 6) is -0.321. The lowest BCUT2D eigenvalue weighted by Gasteiger charge is -2.33. The number of methoxy groups -OCH3 is 1. The van der Waals surface area contributed by atoms with Gasteiger partial charge in [-0.2, -0.15) is 0 Å². The minimum atomic E-state index is -0.926. The first-order valence-electron chi connectivity index (χ1n) is 6.79. The molecule has 1 atom stereocenters. The maximum absolute atomic E-state index is 12.2. The molecule has 0 aliphatic heterocycles. The number of esters is 1. The molecular formula is C14H21N3O2. The normalized spacial score (nSPS) is 19.7. The van der Waals surface area contributed by atoms with Gasteiger partial charge in [0.05, 0.1) is 19.0 Å². The van der Waals surface area contributed by atoms with E-state index in [4.69, 9.17) is 4.74 Å². The number of hydrogen-bond donors (Lipinski definition) is 1. The monoisotopic (exact) mass is 263 g/mol. The third kappa shape index (κ3) is 3.10. The summed E-state index contributed by atoms with van der Waals surface area (Å²) < 4.78 is 4.94. The Morgan fingerprint density at radius 3 is 2.68 bits per heavy atom.